The van der Waals surface area contributed by atoms with E-state index in [1.165, 1.54) is 0 Å². The van der Waals surface area contributed by atoms with Crippen LogP contribution in [0.15, 0.2) is 35.4 Å². The summed E-state index contributed by atoms with van der Waals surface area (Å²) < 4.78 is 1.69. The zero-order valence-electron chi connectivity index (χ0n) is 10.6. The van der Waals surface area contributed by atoms with Gasteiger partial charge in [-0.15, -0.1) is 11.8 Å². The Morgan fingerprint density at radius 2 is 2.22 bits per heavy atom. The number of hydrogen-bond acceptors (Lipinski definition) is 3. The summed E-state index contributed by atoms with van der Waals surface area (Å²) in [5.41, 5.74) is 2.26. The van der Waals surface area contributed by atoms with Crippen LogP contribution in [-0.4, -0.2) is 21.9 Å². The first kappa shape index (κ1) is 12.7. The second-order valence-electron chi connectivity index (χ2n) is 3.95. The molecule has 2 aromatic rings. The minimum atomic E-state index is -0.126. The third kappa shape index (κ3) is 2.56. The van der Waals surface area contributed by atoms with Gasteiger partial charge >= 0.3 is 0 Å². The zero-order chi connectivity index (χ0) is 13.1. The van der Waals surface area contributed by atoms with E-state index in [9.17, 15) is 4.79 Å². The Hall–Kier alpha value is -1.75. The summed E-state index contributed by atoms with van der Waals surface area (Å²) >= 11 is 1.65. The van der Waals surface area contributed by atoms with E-state index < -0.39 is 0 Å². The highest BCUT2D eigenvalue weighted by Gasteiger charge is 2.12. The lowest BCUT2D eigenvalue weighted by atomic mass is 10.2. The molecule has 0 saturated carbocycles. The van der Waals surface area contributed by atoms with Crippen LogP contribution < -0.4 is 5.32 Å². The molecule has 0 aliphatic heterocycles. The average molecular weight is 261 g/mol. The average Bonchev–Trinajstić information content (AvgIpc) is 2.70. The number of anilines is 1. The third-order valence-corrected chi connectivity index (χ3v) is 3.53. The Morgan fingerprint density at radius 1 is 1.44 bits per heavy atom. The smallest absolute Gasteiger partial charge is 0.259 e. The van der Waals surface area contributed by atoms with Crippen molar-refractivity contribution in [2.24, 2.45) is 7.05 Å². The lowest BCUT2D eigenvalue weighted by Gasteiger charge is -2.06. The highest BCUT2D eigenvalue weighted by molar-refractivity contribution is 7.98. The minimum Gasteiger partial charge on any atom is -0.322 e. The molecule has 0 aliphatic rings. The molecular weight excluding hydrogens is 246 g/mol. The standard InChI is InChI=1S/C13H15N3OS/c1-9-12(8-14-16(9)2)13(17)15-10-5-4-6-11(7-10)18-3/h4-8H,1-3H3,(H,15,17). The molecule has 5 heteroatoms. The van der Waals surface area contributed by atoms with Gasteiger partial charge in [-0.2, -0.15) is 5.10 Å². The van der Waals surface area contributed by atoms with Crippen LogP contribution in [0.1, 0.15) is 16.1 Å². The number of aryl methyl sites for hydroxylation is 1. The zero-order valence-corrected chi connectivity index (χ0v) is 11.4. The summed E-state index contributed by atoms with van der Waals surface area (Å²) in [6.45, 7) is 1.88. The Kier molecular flexibility index (Phi) is 3.72. The molecule has 1 amide bonds. The normalized spacial score (nSPS) is 10.4. The molecule has 0 saturated heterocycles. The van der Waals surface area contributed by atoms with E-state index in [0.29, 0.717) is 5.56 Å². The van der Waals surface area contributed by atoms with E-state index in [1.807, 2.05) is 44.5 Å². The van der Waals surface area contributed by atoms with Crippen molar-refractivity contribution >= 4 is 23.4 Å². The maximum Gasteiger partial charge on any atom is 0.259 e. The van der Waals surface area contributed by atoms with Gasteiger partial charge in [-0.1, -0.05) is 6.07 Å². The van der Waals surface area contributed by atoms with Crippen LogP contribution in [0.4, 0.5) is 5.69 Å². The van der Waals surface area contributed by atoms with E-state index in [0.717, 1.165) is 16.3 Å². The van der Waals surface area contributed by atoms with Gasteiger partial charge in [0.15, 0.2) is 0 Å². The second-order valence-corrected chi connectivity index (χ2v) is 4.83. The van der Waals surface area contributed by atoms with Gasteiger partial charge < -0.3 is 5.32 Å². The van der Waals surface area contributed by atoms with Crippen molar-refractivity contribution < 1.29 is 4.79 Å². The monoisotopic (exact) mass is 261 g/mol. The molecule has 1 heterocycles. The molecule has 0 spiro atoms. The summed E-state index contributed by atoms with van der Waals surface area (Å²) in [5, 5.41) is 6.95. The first-order valence-electron chi connectivity index (χ1n) is 5.56. The Morgan fingerprint density at radius 3 is 2.83 bits per heavy atom. The summed E-state index contributed by atoms with van der Waals surface area (Å²) in [7, 11) is 1.82. The van der Waals surface area contributed by atoms with Crippen LogP contribution in [0.25, 0.3) is 0 Å². The first-order valence-corrected chi connectivity index (χ1v) is 6.78. The molecule has 0 radical (unpaired) electrons. The molecule has 4 nitrogen and oxygen atoms in total. The molecule has 0 bridgehead atoms. The molecule has 1 N–H and O–H groups in total. The van der Waals surface area contributed by atoms with Crippen molar-refractivity contribution in [3.05, 3.63) is 41.7 Å². The molecule has 0 aliphatic carbocycles. The predicted octanol–water partition coefficient (Wildman–Crippen LogP) is 2.70. The molecule has 1 aromatic carbocycles. The van der Waals surface area contributed by atoms with Crippen molar-refractivity contribution in [2.45, 2.75) is 11.8 Å². The molecule has 0 fully saturated rings. The number of carbonyl (C=O) groups excluding carboxylic acids is 1. The van der Waals surface area contributed by atoms with Crippen molar-refractivity contribution in [1.29, 1.82) is 0 Å². The lowest BCUT2D eigenvalue weighted by Crippen LogP contribution is -2.12. The number of carbonyl (C=O) groups is 1. The van der Waals surface area contributed by atoms with E-state index in [2.05, 4.69) is 10.4 Å². The maximum atomic E-state index is 12.1. The van der Waals surface area contributed by atoms with Crippen LogP contribution >= 0.6 is 11.8 Å². The van der Waals surface area contributed by atoms with E-state index in [4.69, 9.17) is 0 Å². The fourth-order valence-electron chi connectivity index (χ4n) is 1.62. The Balaban J connectivity index is 2.18. The van der Waals surface area contributed by atoms with Gasteiger partial charge in [-0.25, -0.2) is 0 Å². The molecule has 18 heavy (non-hydrogen) atoms. The second kappa shape index (κ2) is 5.27. The van der Waals surface area contributed by atoms with Gasteiger partial charge in [0.2, 0.25) is 0 Å². The number of hydrogen-bond donors (Lipinski definition) is 1. The number of rotatable bonds is 3. The van der Waals surface area contributed by atoms with Gasteiger partial charge in [0.1, 0.15) is 0 Å². The molecular formula is C13H15N3OS. The quantitative estimate of drug-likeness (QED) is 0.864. The fraction of sp³-hybridized carbons (Fsp3) is 0.231. The summed E-state index contributed by atoms with van der Waals surface area (Å²) in [4.78, 5) is 13.2. The minimum absolute atomic E-state index is 0.126. The van der Waals surface area contributed by atoms with Crippen LogP contribution in [-0.2, 0) is 7.05 Å². The fourth-order valence-corrected chi connectivity index (χ4v) is 2.08. The van der Waals surface area contributed by atoms with Crippen LogP contribution in [0, 0.1) is 6.92 Å². The number of benzene rings is 1. The van der Waals surface area contributed by atoms with Crippen LogP contribution in [0.5, 0.6) is 0 Å². The van der Waals surface area contributed by atoms with Gasteiger partial charge in [0.05, 0.1) is 11.8 Å². The number of thioether (sulfide) groups is 1. The van der Waals surface area contributed by atoms with Gasteiger partial charge in [-0.3, -0.25) is 9.48 Å². The van der Waals surface area contributed by atoms with Gasteiger partial charge in [0.25, 0.3) is 5.91 Å². The first-order chi connectivity index (χ1) is 8.61. The van der Waals surface area contributed by atoms with Crippen molar-refractivity contribution in [3.8, 4) is 0 Å². The summed E-state index contributed by atoms with van der Waals surface area (Å²) in [6, 6.07) is 7.77. The summed E-state index contributed by atoms with van der Waals surface area (Å²) in [5.74, 6) is -0.126. The number of aromatic nitrogens is 2. The molecule has 94 valence electrons. The van der Waals surface area contributed by atoms with Crippen molar-refractivity contribution in [1.82, 2.24) is 9.78 Å². The number of nitrogens with zero attached hydrogens (tertiary/aromatic N) is 2. The number of amides is 1. The molecule has 0 atom stereocenters. The molecule has 1 aromatic heterocycles. The molecule has 2 rings (SSSR count). The van der Waals surface area contributed by atoms with E-state index in [1.54, 1.807) is 22.6 Å². The highest BCUT2D eigenvalue weighted by atomic mass is 32.2. The number of nitrogens with one attached hydrogen (secondary N) is 1. The SMILES string of the molecule is CSc1cccc(NC(=O)c2cnn(C)c2C)c1. The van der Waals surface area contributed by atoms with E-state index in [-0.39, 0.29) is 5.91 Å². The topological polar surface area (TPSA) is 46.9 Å². The van der Waals surface area contributed by atoms with Gasteiger partial charge in [-0.05, 0) is 31.4 Å². The maximum absolute atomic E-state index is 12.1. The Bertz CT molecular complexity index is 577. The highest BCUT2D eigenvalue weighted by Crippen LogP contribution is 2.19. The Labute approximate surface area is 110 Å². The van der Waals surface area contributed by atoms with E-state index >= 15 is 0 Å². The lowest BCUT2D eigenvalue weighted by molar-refractivity contribution is 0.102. The largest absolute Gasteiger partial charge is 0.322 e. The van der Waals surface area contributed by atoms with Crippen molar-refractivity contribution in [2.75, 3.05) is 11.6 Å². The van der Waals surface area contributed by atoms with Gasteiger partial charge in [0, 0.05) is 23.3 Å². The predicted molar refractivity (Wildman–Crippen MR) is 74.1 cm³/mol. The molecule has 0 unspecified atom stereocenters. The van der Waals surface area contributed by atoms with Crippen molar-refractivity contribution in [3.63, 3.8) is 0 Å². The summed E-state index contributed by atoms with van der Waals surface area (Å²) in [6.07, 6.45) is 3.59. The van der Waals surface area contributed by atoms with Crippen LogP contribution in [0.2, 0.25) is 0 Å². The van der Waals surface area contributed by atoms with Crippen LogP contribution in [0.3, 0.4) is 0 Å². The third-order valence-electron chi connectivity index (χ3n) is 2.81.